The average molecular weight is 603 g/mol. The number of thioether (sulfide) groups is 1. The van der Waals surface area contributed by atoms with Crippen molar-refractivity contribution in [2.75, 3.05) is 14.2 Å². The summed E-state index contributed by atoms with van der Waals surface area (Å²) in [6, 6.07) is 16.9. The van der Waals surface area contributed by atoms with Gasteiger partial charge in [-0.2, -0.15) is 0 Å². The lowest BCUT2D eigenvalue weighted by atomic mass is 10.1. The Morgan fingerprint density at radius 3 is 2.54 bits per heavy atom. The lowest BCUT2D eigenvalue weighted by Gasteiger charge is -2.18. The van der Waals surface area contributed by atoms with Gasteiger partial charge in [-0.05, 0) is 87.5 Å². The minimum Gasteiger partial charge on any atom is -0.493 e. The lowest BCUT2D eigenvalue weighted by molar-refractivity contribution is -0.148. The Bertz CT molecular complexity index is 1350. The molecule has 0 unspecified atom stereocenters. The number of halogens is 1. The maximum Gasteiger partial charge on any atom is 0.328 e. The molecule has 9 heteroatoms. The number of ether oxygens (including phenoxy) is 3. The summed E-state index contributed by atoms with van der Waals surface area (Å²) in [5.41, 5.74) is 1.69. The SMILES string of the molecule is COC(=O)[C@@H](C)N1C(=O)S/C(=C/c2cc(I)c(OCc3ccc4ccccc4c3)c(OC)c2)C1=O. The number of fused-ring (bicyclic) bond motifs is 1. The Balaban J connectivity index is 1.55. The number of esters is 1. The second kappa shape index (κ2) is 10.7. The second-order valence-electron chi connectivity index (χ2n) is 7.76. The Labute approximate surface area is 220 Å². The minimum atomic E-state index is -1.00. The van der Waals surface area contributed by atoms with E-state index in [2.05, 4.69) is 51.6 Å². The highest BCUT2D eigenvalue weighted by Crippen LogP contribution is 2.38. The van der Waals surface area contributed by atoms with Gasteiger partial charge in [0.05, 0.1) is 22.7 Å². The first-order chi connectivity index (χ1) is 16.8. The van der Waals surface area contributed by atoms with E-state index < -0.39 is 23.2 Å². The quantitative estimate of drug-likeness (QED) is 0.197. The maximum atomic E-state index is 12.8. The molecule has 2 amide bonds. The van der Waals surface area contributed by atoms with Crippen molar-refractivity contribution in [2.45, 2.75) is 19.6 Å². The van der Waals surface area contributed by atoms with E-state index in [-0.39, 0.29) is 4.91 Å². The van der Waals surface area contributed by atoms with E-state index in [4.69, 9.17) is 9.47 Å². The van der Waals surface area contributed by atoms with Crippen LogP contribution in [0.3, 0.4) is 0 Å². The van der Waals surface area contributed by atoms with Crippen LogP contribution in [0.5, 0.6) is 11.5 Å². The van der Waals surface area contributed by atoms with Gasteiger partial charge in [0.25, 0.3) is 11.1 Å². The molecule has 4 rings (SSSR count). The van der Waals surface area contributed by atoms with E-state index in [1.807, 2.05) is 24.3 Å². The van der Waals surface area contributed by atoms with Crippen molar-refractivity contribution in [3.63, 3.8) is 0 Å². The third kappa shape index (κ3) is 5.30. The molecule has 0 bridgehead atoms. The van der Waals surface area contributed by atoms with Crippen molar-refractivity contribution in [1.29, 1.82) is 0 Å². The van der Waals surface area contributed by atoms with Gasteiger partial charge in [0.15, 0.2) is 11.5 Å². The van der Waals surface area contributed by atoms with Gasteiger partial charge >= 0.3 is 5.97 Å². The molecular weight excluding hydrogens is 581 g/mol. The summed E-state index contributed by atoms with van der Waals surface area (Å²) in [6.07, 6.45) is 1.60. The van der Waals surface area contributed by atoms with Crippen LogP contribution in [0.2, 0.25) is 0 Å². The summed E-state index contributed by atoms with van der Waals surface area (Å²) in [5.74, 6) is -0.0990. The largest absolute Gasteiger partial charge is 0.493 e. The third-order valence-electron chi connectivity index (χ3n) is 5.50. The van der Waals surface area contributed by atoms with Gasteiger partial charge in [-0.15, -0.1) is 0 Å². The predicted molar refractivity (Wildman–Crippen MR) is 143 cm³/mol. The van der Waals surface area contributed by atoms with Crippen LogP contribution in [0.25, 0.3) is 16.8 Å². The standard InChI is InChI=1S/C26H22INO6S/c1-15(25(30)33-3)28-24(29)22(35-26(28)31)13-17-11-20(27)23(21(12-17)32-2)34-14-16-8-9-18-6-4-5-7-19(18)10-16/h4-13,15H,14H2,1-3H3/b22-13+/t15-/m1/s1. The monoisotopic (exact) mass is 603 g/mol. The zero-order valence-corrected chi connectivity index (χ0v) is 22.2. The first kappa shape index (κ1) is 25.1. The molecule has 180 valence electrons. The lowest BCUT2D eigenvalue weighted by Crippen LogP contribution is -2.42. The number of imide groups is 1. The molecule has 0 aromatic heterocycles. The van der Waals surface area contributed by atoms with Crippen LogP contribution in [0, 0.1) is 3.57 Å². The number of rotatable bonds is 7. The molecule has 0 radical (unpaired) electrons. The normalized spacial score (nSPS) is 15.5. The van der Waals surface area contributed by atoms with Gasteiger partial charge in [0.1, 0.15) is 12.6 Å². The average Bonchev–Trinajstić information content (AvgIpc) is 3.14. The third-order valence-corrected chi connectivity index (χ3v) is 7.18. The van der Waals surface area contributed by atoms with Crippen LogP contribution in [0.1, 0.15) is 18.1 Å². The fourth-order valence-corrected chi connectivity index (χ4v) is 5.38. The molecule has 1 fully saturated rings. The van der Waals surface area contributed by atoms with Gasteiger partial charge in [-0.25, -0.2) is 4.79 Å². The Morgan fingerprint density at radius 2 is 1.83 bits per heavy atom. The number of hydrogen-bond acceptors (Lipinski definition) is 7. The zero-order chi connectivity index (χ0) is 25.1. The van der Waals surface area contributed by atoms with Crippen molar-refractivity contribution >= 4 is 68.3 Å². The number of carbonyl (C=O) groups excluding carboxylic acids is 3. The molecule has 0 saturated carbocycles. The first-order valence-electron chi connectivity index (χ1n) is 10.6. The molecule has 1 atom stereocenters. The van der Waals surface area contributed by atoms with Crippen LogP contribution in [0.15, 0.2) is 59.5 Å². The highest BCUT2D eigenvalue weighted by atomic mass is 127. The predicted octanol–water partition coefficient (Wildman–Crippen LogP) is 5.63. The Morgan fingerprint density at radius 1 is 1.09 bits per heavy atom. The molecule has 35 heavy (non-hydrogen) atoms. The topological polar surface area (TPSA) is 82.1 Å². The number of amides is 2. The summed E-state index contributed by atoms with van der Waals surface area (Å²) < 4.78 is 17.1. The van der Waals surface area contributed by atoms with E-state index in [0.29, 0.717) is 23.7 Å². The molecule has 1 saturated heterocycles. The van der Waals surface area contributed by atoms with Crippen molar-refractivity contribution in [3.8, 4) is 11.5 Å². The highest BCUT2D eigenvalue weighted by molar-refractivity contribution is 14.1. The molecular formula is C26H22INO6S. The van der Waals surface area contributed by atoms with Crippen molar-refractivity contribution < 1.29 is 28.6 Å². The van der Waals surface area contributed by atoms with Gasteiger partial charge < -0.3 is 14.2 Å². The van der Waals surface area contributed by atoms with Crippen molar-refractivity contribution in [1.82, 2.24) is 4.90 Å². The van der Waals surface area contributed by atoms with Gasteiger partial charge in [0, 0.05) is 0 Å². The smallest absolute Gasteiger partial charge is 0.328 e. The van der Waals surface area contributed by atoms with Crippen LogP contribution >= 0.6 is 34.4 Å². The van der Waals surface area contributed by atoms with Crippen molar-refractivity contribution in [2.24, 2.45) is 0 Å². The second-order valence-corrected chi connectivity index (χ2v) is 9.91. The number of nitrogens with zero attached hydrogens (tertiary/aromatic N) is 1. The fourth-order valence-electron chi connectivity index (χ4n) is 3.69. The molecule has 3 aromatic rings. The molecule has 1 heterocycles. The molecule has 3 aromatic carbocycles. The molecule has 1 aliphatic heterocycles. The van der Waals surface area contributed by atoms with Crippen molar-refractivity contribution in [3.05, 3.63) is 74.2 Å². The summed E-state index contributed by atoms with van der Waals surface area (Å²) >= 11 is 2.93. The van der Waals surface area contributed by atoms with E-state index in [9.17, 15) is 14.4 Å². The number of methoxy groups -OCH3 is 2. The van der Waals surface area contributed by atoms with Gasteiger partial charge in [0.2, 0.25) is 0 Å². The number of hydrogen-bond donors (Lipinski definition) is 0. The van der Waals surface area contributed by atoms with E-state index in [1.165, 1.54) is 14.0 Å². The summed E-state index contributed by atoms with van der Waals surface area (Å²) in [7, 11) is 2.76. The van der Waals surface area contributed by atoms with Crippen LogP contribution in [-0.2, 0) is 20.9 Å². The van der Waals surface area contributed by atoms with E-state index in [0.717, 1.165) is 36.6 Å². The van der Waals surface area contributed by atoms with Crippen LogP contribution in [0.4, 0.5) is 4.79 Å². The number of benzene rings is 3. The molecule has 0 aliphatic carbocycles. The van der Waals surface area contributed by atoms with Gasteiger partial charge in [-0.1, -0.05) is 36.4 Å². The summed E-state index contributed by atoms with van der Waals surface area (Å²) in [6.45, 7) is 1.82. The zero-order valence-electron chi connectivity index (χ0n) is 19.2. The van der Waals surface area contributed by atoms with E-state index >= 15 is 0 Å². The Kier molecular flexibility index (Phi) is 7.66. The number of carbonyl (C=O) groups is 3. The summed E-state index contributed by atoms with van der Waals surface area (Å²) in [4.78, 5) is 38.1. The van der Waals surface area contributed by atoms with Crippen LogP contribution < -0.4 is 9.47 Å². The molecule has 0 N–H and O–H groups in total. The molecule has 1 aliphatic rings. The fraction of sp³-hybridized carbons (Fsp3) is 0.192. The van der Waals surface area contributed by atoms with Gasteiger partial charge in [-0.3, -0.25) is 14.5 Å². The first-order valence-corrected chi connectivity index (χ1v) is 12.5. The highest BCUT2D eigenvalue weighted by Gasteiger charge is 2.41. The Hall–Kier alpha value is -3.05. The molecule has 7 nitrogen and oxygen atoms in total. The molecule has 0 spiro atoms. The van der Waals surface area contributed by atoms with Crippen LogP contribution in [-0.4, -0.2) is 42.3 Å². The van der Waals surface area contributed by atoms with E-state index in [1.54, 1.807) is 19.3 Å². The minimum absolute atomic E-state index is 0.216. The maximum absolute atomic E-state index is 12.8. The summed E-state index contributed by atoms with van der Waals surface area (Å²) in [5, 5.41) is 1.79.